The second-order valence-electron chi connectivity index (χ2n) is 6.50. The van der Waals surface area contributed by atoms with Crippen molar-refractivity contribution in [1.29, 1.82) is 0 Å². The highest BCUT2D eigenvalue weighted by Gasteiger charge is 2.14. The number of nitrogens with one attached hydrogen (secondary N) is 1. The maximum Gasteiger partial charge on any atom is 0.346 e. The lowest BCUT2D eigenvalue weighted by Gasteiger charge is -2.13. The van der Waals surface area contributed by atoms with Gasteiger partial charge in [-0.25, -0.2) is 0 Å². The number of rotatable bonds is 8. The van der Waals surface area contributed by atoms with E-state index >= 15 is 0 Å². The molecule has 0 fully saturated rings. The fourth-order valence-corrected chi connectivity index (χ4v) is 3.22. The van der Waals surface area contributed by atoms with E-state index in [1.807, 2.05) is 66.7 Å². The van der Waals surface area contributed by atoms with Gasteiger partial charge in [-0.15, -0.1) is 0 Å². The quantitative estimate of drug-likeness (QED) is 0.426. The highest BCUT2D eigenvalue weighted by molar-refractivity contribution is 6.32. The predicted octanol–water partition coefficient (Wildman–Crippen LogP) is 4.74. The summed E-state index contributed by atoms with van der Waals surface area (Å²) in [4.78, 5) is 0. The second-order valence-corrected chi connectivity index (χ2v) is 6.91. The van der Waals surface area contributed by atoms with Crippen LogP contribution in [0, 0.1) is 0 Å². The third kappa shape index (κ3) is 4.70. The third-order valence-corrected chi connectivity index (χ3v) is 4.81. The molecule has 158 valence electrons. The average Bonchev–Trinajstić information content (AvgIpc) is 3.27. The number of para-hydroxylation sites is 1. The van der Waals surface area contributed by atoms with Crippen LogP contribution in [-0.4, -0.2) is 34.4 Å². The molecule has 0 aliphatic rings. The van der Waals surface area contributed by atoms with E-state index in [1.54, 1.807) is 14.2 Å². The molecule has 0 aliphatic heterocycles. The summed E-state index contributed by atoms with van der Waals surface area (Å²) < 4.78 is 18.1. The largest absolute Gasteiger partial charge is 0.495 e. The van der Waals surface area contributed by atoms with Crippen molar-refractivity contribution in [2.45, 2.75) is 6.54 Å². The smallest absolute Gasteiger partial charge is 0.346 e. The number of anilines is 1. The Morgan fingerprint density at radius 3 is 2.42 bits per heavy atom. The summed E-state index contributed by atoms with van der Waals surface area (Å²) in [5.41, 5.74) is 2.67. The first kappa shape index (κ1) is 20.5. The number of methoxy groups -OCH3 is 2. The molecule has 0 bridgehead atoms. The number of hydrogen-bond donors (Lipinski definition) is 1. The van der Waals surface area contributed by atoms with Gasteiger partial charge in [-0.2, -0.15) is 4.68 Å². The number of tetrazole rings is 1. The van der Waals surface area contributed by atoms with Gasteiger partial charge in [0.2, 0.25) is 0 Å². The monoisotopic (exact) mass is 437 g/mol. The summed E-state index contributed by atoms with van der Waals surface area (Å²) in [5.74, 6) is 1.70. The molecular weight excluding hydrogens is 418 g/mol. The van der Waals surface area contributed by atoms with E-state index in [9.17, 15) is 0 Å². The van der Waals surface area contributed by atoms with Gasteiger partial charge in [-0.05, 0) is 58.5 Å². The summed E-state index contributed by atoms with van der Waals surface area (Å²) in [6.07, 6.45) is 0. The summed E-state index contributed by atoms with van der Waals surface area (Å²) in [5, 5.41) is 15.6. The molecule has 1 aromatic heterocycles. The summed E-state index contributed by atoms with van der Waals surface area (Å²) in [6.45, 7) is 0.570. The van der Waals surface area contributed by atoms with E-state index in [0.717, 1.165) is 16.9 Å². The lowest BCUT2D eigenvalue weighted by Crippen LogP contribution is -2.02. The molecule has 9 heteroatoms. The number of halogens is 1. The molecule has 31 heavy (non-hydrogen) atoms. The van der Waals surface area contributed by atoms with Crippen LogP contribution in [0.1, 0.15) is 5.56 Å². The molecule has 0 unspecified atom stereocenters. The van der Waals surface area contributed by atoms with Crippen LogP contribution in [0.2, 0.25) is 5.02 Å². The lowest BCUT2D eigenvalue weighted by molar-refractivity contribution is 0.363. The molecule has 0 radical (unpaired) electrons. The second kappa shape index (κ2) is 9.36. The van der Waals surface area contributed by atoms with Crippen LogP contribution in [0.5, 0.6) is 23.3 Å². The summed E-state index contributed by atoms with van der Waals surface area (Å²) >= 11 is 6.18. The van der Waals surface area contributed by atoms with Crippen molar-refractivity contribution in [2.75, 3.05) is 19.5 Å². The zero-order valence-electron chi connectivity index (χ0n) is 16.9. The SMILES string of the molecule is COc1ccc(NCc2ccc(Oc3nnnn3-c3ccccc3)c(OC)c2)cc1Cl. The third-order valence-electron chi connectivity index (χ3n) is 4.52. The number of hydrogen-bond acceptors (Lipinski definition) is 7. The van der Waals surface area contributed by atoms with Crippen LogP contribution in [-0.2, 0) is 6.54 Å². The van der Waals surface area contributed by atoms with Crippen molar-refractivity contribution in [1.82, 2.24) is 20.2 Å². The summed E-state index contributed by atoms with van der Waals surface area (Å²) in [7, 11) is 3.17. The molecule has 3 aromatic carbocycles. The molecular formula is C22H20ClN5O3. The van der Waals surface area contributed by atoms with Crippen LogP contribution in [0.4, 0.5) is 5.69 Å². The number of aromatic nitrogens is 4. The standard InChI is InChI=1S/C22H20ClN5O3/c1-29-19-11-9-16(13-18(19)23)24-14-15-8-10-20(21(12-15)30-2)31-22-25-26-27-28(22)17-6-4-3-5-7-17/h3-13,24H,14H2,1-2H3. The summed E-state index contributed by atoms with van der Waals surface area (Å²) in [6, 6.07) is 20.9. The Morgan fingerprint density at radius 1 is 0.903 bits per heavy atom. The number of benzene rings is 3. The van der Waals surface area contributed by atoms with E-state index in [-0.39, 0.29) is 6.01 Å². The Morgan fingerprint density at radius 2 is 1.68 bits per heavy atom. The fraction of sp³-hybridized carbons (Fsp3) is 0.136. The van der Waals surface area contributed by atoms with Gasteiger partial charge in [0.25, 0.3) is 0 Å². The van der Waals surface area contributed by atoms with Crippen LogP contribution in [0.3, 0.4) is 0 Å². The maximum atomic E-state index is 6.18. The Balaban J connectivity index is 1.49. The molecule has 0 spiro atoms. The van der Waals surface area contributed by atoms with Gasteiger partial charge in [0.1, 0.15) is 5.75 Å². The molecule has 1 N–H and O–H groups in total. The zero-order chi connectivity index (χ0) is 21.6. The molecule has 0 aliphatic carbocycles. The molecule has 4 aromatic rings. The van der Waals surface area contributed by atoms with E-state index in [1.165, 1.54) is 4.68 Å². The lowest BCUT2D eigenvalue weighted by atomic mass is 10.2. The van der Waals surface area contributed by atoms with Crippen molar-refractivity contribution in [3.05, 3.63) is 77.3 Å². The van der Waals surface area contributed by atoms with Gasteiger partial charge in [-0.3, -0.25) is 0 Å². The van der Waals surface area contributed by atoms with Crippen LogP contribution < -0.4 is 19.5 Å². The first-order chi connectivity index (χ1) is 15.2. The van der Waals surface area contributed by atoms with Gasteiger partial charge >= 0.3 is 6.01 Å². The first-order valence-electron chi connectivity index (χ1n) is 9.44. The van der Waals surface area contributed by atoms with Gasteiger partial charge in [0.15, 0.2) is 11.5 Å². The minimum atomic E-state index is 0.239. The van der Waals surface area contributed by atoms with E-state index in [4.69, 9.17) is 25.8 Å². The van der Waals surface area contributed by atoms with Crippen molar-refractivity contribution < 1.29 is 14.2 Å². The van der Waals surface area contributed by atoms with Crippen molar-refractivity contribution >= 4 is 17.3 Å². The maximum absolute atomic E-state index is 6.18. The normalized spacial score (nSPS) is 10.5. The Kier molecular flexibility index (Phi) is 6.18. The highest BCUT2D eigenvalue weighted by atomic mass is 35.5. The van der Waals surface area contributed by atoms with Crippen molar-refractivity contribution in [3.63, 3.8) is 0 Å². The molecule has 0 amide bonds. The molecule has 0 atom stereocenters. The molecule has 0 saturated heterocycles. The molecule has 8 nitrogen and oxygen atoms in total. The van der Waals surface area contributed by atoms with Crippen LogP contribution in [0.25, 0.3) is 5.69 Å². The Bertz CT molecular complexity index is 1170. The van der Waals surface area contributed by atoms with Gasteiger partial charge < -0.3 is 19.5 Å². The average molecular weight is 438 g/mol. The first-order valence-corrected chi connectivity index (χ1v) is 9.81. The Labute approximate surface area is 184 Å². The fourth-order valence-electron chi connectivity index (χ4n) is 2.96. The van der Waals surface area contributed by atoms with Gasteiger partial charge in [0.05, 0.1) is 24.9 Å². The minimum absolute atomic E-state index is 0.239. The van der Waals surface area contributed by atoms with Crippen molar-refractivity contribution in [3.8, 4) is 28.9 Å². The number of ether oxygens (including phenoxy) is 3. The molecule has 0 saturated carbocycles. The molecule has 1 heterocycles. The van der Waals surface area contributed by atoms with Crippen molar-refractivity contribution in [2.24, 2.45) is 0 Å². The van der Waals surface area contributed by atoms with Gasteiger partial charge in [0, 0.05) is 12.2 Å². The van der Waals surface area contributed by atoms with E-state index < -0.39 is 0 Å². The van der Waals surface area contributed by atoms with Crippen LogP contribution in [0.15, 0.2) is 66.7 Å². The van der Waals surface area contributed by atoms with E-state index in [2.05, 4.69) is 20.8 Å². The topological polar surface area (TPSA) is 83.3 Å². The van der Waals surface area contributed by atoms with E-state index in [0.29, 0.717) is 28.8 Å². The highest BCUT2D eigenvalue weighted by Crippen LogP contribution is 2.32. The zero-order valence-corrected chi connectivity index (χ0v) is 17.7. The minimum Gasteiger partial charge on any atom is -0.495 e. The predicted molar refractivity (Wildman–Crippen MR) is 118 cm³/mol. The number of nitrogens with zero attached hydrogens (tertiary/aromatic N) is 4. The Hall–Kier alpha value is -3.78. The van der Waals surface area contributed by atoms with Gasteiger partial charge in [-0.1, -0.05) is 41.0 Å². The molecule has 4 rings (SSSR count). The van der Waals surface area contributed by atoms with Crippen LogP contribution >= 0.6 is 11.6 Å².